The van der Waals surface area contributed by atoms with E-state index in [0.29, 0.717) is 31.0 Å². The fourth-order valence-corrected chi connectivity index (χ4v) is 3.94. The number of fused-ring (bicyclic) bond motifs is 3. The highest BCUT2D eigenvalue weighted by atomic mass is 16.2. The fraction of sp³-hybridized carbons (Fsp3) is 0.588. The van der Waals surface area contributed by atoms with E-state index in [2.05, 4.69) is 28.9 Å². The van der Waals surface area contributed by atoms with Crippen molar-refractivity contribution in [1.29, 1.82) is 0 Å². The van der Waals surface area contributed by atoms with Gasteiger partial charge in [-0.1, -0.05) is 13.8 Å². The van der Waals surface area contributed by atoms with E-state index >= 15 is 0 Å². The minimum absolute atomic E-state index is 0.0216. The molecule has 0 N–H and O–H groups in total. The number of aromatic nitrogens is 5. The quantitative estimate of drug-likeness (QED) is 0.820. The second-order valence-corrected chi connectivity index (χ2v) is 7.31. The third kappa shape index (κ3) is 2.75. The summed E-state index contributed by atoms with van der Waals surface area (Å²) in [5.74, 6) is 1.10. The summed E-state index contributed by atoms with van der Waals surface area (Å²) in [6.45, 7) is 5.28. The zero-order chi connectivity index (χ0) is 17.6. The molecule has 2 aromatic heterocycles. The Hall–Kier alpha value is -2.51. The number of hydrogen-bond acceptors (Lipinski definition) is 5. The van der Waals surface area contributed by atoms with E-state index in [-0.39, 0.29) is 23.7 Å². The minimum Gasteiger partial charge on any atom is -0.330 e. The van der Waals surface area contributed by atoms with Crippen LogP contribution >= 0.6 is 0 Å². The van der Waals surface area contributed by atoms with Crippen LogP contribution in [0.5, 0.6) is 0 Å². The van der Waals surface area contributed by atoms with Gasteiger partial charge in [-0.15, -0.1) is 0 Å². The van der Waals surface area contributed by atoms with E-state index in [0.717, 1.165) is 18.7 Å². The van der Waals surface area contributed by atoms with Gasteiger partial charge in [-0.3, -0.25) is 9.36 Å². The first-order chi connectivity index (χ1) is 12.0. The third-order valence-corrected chi connectivity index (χ3v) is 5.01. The first-order valence-corrected chi connectivity index (χ1v) is 8.78. The maximum atomic E-state index is 12.9. The highest BCUT2D eigenvalue weighted by molar-refractivity contribution is 5.94. The lowest BCUT2D eigenvalue weighted by molar-refractivity contribution is 0.0664. The highest BCUT2D eigenvalue weighted by Crippen LogP contribution is 2.31. The lowest BCUT2D eigenvalue weighted by atomic mass is 10.1. The maximum absolute atomic E-state index is 12.9. The van der Waals surface area contributed by atoms with Crippen molar-refractivity contribution in [3.63, 3.8) is 0 Å². The second kappa shape index (κ2) is 6.09. The molecule has 2 aromatic rings. The summed E-state index contributed by atoms with van der Waals surface area (Å²) >= 11 is 0. The van der Waals surface area contributed by atoms with Crippen molar-refractivity contribution in [3.05, 3.63) is 40.6 Å². The van der Waals surface area contributed by atoms with Crippen molar-refractivity contribution >= 4 is 5.91 Å². The lowest BCUT2D eigenvalue weighted by Crippen LogP contribution is -2.43. The van der Waals surface area contributed by atoms with Gasteiger partial charge in [0, 0.05) is 37.9 Å². The molecule has 0 spiro atoms. The molecule has 132 valence electrons. The topological polar surface area (TPSA) is 85.9 Å². The molecule has 4 rings (SSSR count). The fourth-order valence-electron chi connectivity index (χ4n) is 3.94. The van der Waals surface area contributed by atoms with Gasteiger partial charge in [0.25, 0.3) is 5.91 Å². The van der Waals surface area contributed by atoms with E-state index in [1.54, 1.807) is 21.6 Å². The van der Waals surface area contributed by atoms with E-state index < -0.39 is 0 Å². The molecule has 1 saturated heterocycles. The number of carbonyl (C=O) groups is 1. The van der Waals surface area contributed by atoms with Crippen LogP contribution in [0.3, 0.4) is 0 Å². The minimum atomic E-state index is -0.0632. The molecule has 1 amide bonds. The average Bonchev–Trinajstić information content (AvgIpc) is 3.04. The van der Waals surface area contributed by atoms with Crippen LogP contribution in [0.15, 0.2) is 23.5 Å². The normalized spacial score (nSPS) is 22.1. The monoisotopic (exact) mass is 342 g/mol. The molecule has 0 radical (unpaired) electrons. The molecular weight excluding hydrogens is 320 g/mol. The van der Waals surface area contributed by atoms with Gasteiger partial charge in [0.15, 0.2) is 0 Å². The summed E-state index contributed by atoms with van der Waals surface area (Å²) in [4.78, 5) is 35.4. The van der Waals surface area contributed by atoms with Crippen molar-refractivity contribution < 1.29 is 4.79 Å². The molecule has 2 atom stereocenters. The summed E-state index contributed by atoms with van der Waals surface area (Å²) in [6, 6.07) is 0.0987. The summed E-state index contributed by atoms with van der Waals surface area (Å²) in [7, 11) is 0. The summed E-state index contributed by atoms with van der Waals surface area (Å²) < 4.78 is 3.33. The molecular formula is C17H22N6O2. The van der Waals surface area contributed by atoms with E-state index in [4.69, 9.17) is 0 Å². The molecule has 0 aromatic carbocycles. The largest absolute Gasteiger partial charge is 0.345 e. The Bertz CT molecular complexity index is 841. The van der Waals surface area contributed by atoms with E-state index in [1.807, 2.05) is 4.90 Å². The van der Waals surface area contributed by atoms with Crippen molar-refractivity contribution in [2.45, 2.75) is 58.3 Å². The molecule has 0 saturated carbocycles. The predicted octanol–water partition coefficient (Wildman–Crippen LogP) is 0.720. The van der Waals surface area contributed by atoms with Crippen LogP contribution in [0.1, 0.15) is 42.9 Å². The molecule has 2 bridgehead atoms. The van der Waals surface area contributed by atoms with Gasteiger partial charge in [0.05, 0.1) is 11.6 Å². The number of hydrogen-bond donors (Lipinski definition) is 0. The molecule has 1 fully saturated rings. The molecule has 2 aliphatic heterocycles. The Morgan fingerprint density at radius 2 is 1.96 bits per heavy atom. The Morgan fingerprint density at radius 3 is 2.68 bits per heavy atom. The summed E-state index contributed by atoms with van der Waals surface area (Å²) in [5.41, 5.74) is 0.433. The standard InChI is InChI=1S/C17H22N6O2/c1-11(2)8-22-17(25)21-9-14-4-3-13(5-15(21)20-22)23(14)16(24)12-6-18-10-19-7-12/h6-7,10-11,13-14H,3-5,8-9H2,1-2H3/t13-,14+/m0/s1. The zero-order valence-electron chi connectivity index (χ0n) is 14.5. The predicted molar refractivity (Wildman–Crippen MR) is 90.0 cm³/mol. The van der Waals surface area contributed by atoms with Crippen LogP contribution in [-0.2, 0) is 19.5 Å². The SMILES string of the molecule is CC(C)Cn1nc2n(c1=O)C[C@H]1CC[C@@H](C2)N1C(=O)c1cncnc1. The zero-order valence-corrected chi connectivity index (χ0v) is 14.5. The van der Waals surface area contributed by atoms with Gasteiger partial charge < -0.3 is 4.90 Å². The van der Waals surface area contributed by atoms with Crippen LogP contribution in [0.2, 0.25) is 0 Å². The molecule has 2 aliphatic rings. The molecule has 8 heteroatoms. The van der Waals surface area contributed by atoms with Gasteiger partial charge in [0.1, 0.15) is 12.2 Å². The first kappa shape index (κ1) is 16.0. The Labute approximate surface area is 145 Å². The third-order valence-electron chi connectivity index (χ3n) is 5.01. The molecule has 8 nitrogen and oxygen atoms in total. The van der Waals surface area contributed by atoms with Crippen LogP contribution < -0.4 is 5.69 Å². The highest BCUT2D eigenvalue weighted by Gasteiger charge is 2.41. The molecule has 0 unspecified atom stereocenters. The summed E-state index contributed by atoms with van der Waals surface area (Å²) in [5, 5.41) is 4.54. The van der Waals surface area contributed by atoms with Gasteiger partial charge >= 0.3 is 5.69 Å². The molecule has 4 heterocycles. The Balaban J connectivity index is 1.64. The van der Waals surface area contributed by atoms with Crippen molar-refractivity contribution in [2.24, 2.45) is 5.92 Å². The van der Waals surface area contributed by atoms with Gasteiger partial charge in [-0.05, 0) is 18.8 Å². The van der Waals surface area contributed by atoms with E-state index in [1.165, 1.54) is 6.33 Å². The van der Waals surface area contributed by atoms with Crippen molar-refractivity contribution in [1.82, 2.24) is 29.2 Å². The number of carbonyl (C=O) groups excluding carboxylic acids is 1. The first-order valence-electron chi connectivity index (χ1n) is 8.78. The van der Waals surface area contributed by atoms with Gasteiger partial charge in [0.2, 0.25) is 0 Å². The molecule has 0 aliphatic carbocycles. The van der Waals surface area contributed by atoms with Crippen molar-refractivity contribution in [3.8, 4) is 0 Å². The lowest BCUT2D eigenvalue weighted by Gasteiger charge is -2.27. The van der Waals surface area contributed by atoms with Crippen LogP contribution in [0, 0.1) is 5.92 Å². The van der Waals surface area contributed by atoms with Gasteiger partial charge in [-0.25, -0.2) is 19.4 Å². The average molecular weight is 342 g/mol. The Kier molecular flexibility index (Phi) is 3.89. The van der Waals surface area contributed by atoms with Crippen LogP contribution in [-0.4, -0.2) is 47.2 Å². The number of amides is 1. The Morgan fingerprint density at radius 1 is 1.24 bits per heavy atom. The maximum Gasteiger partial charge on any atom is 0.345 e. The molecule has 25 heavy (non-hydrogen) atoms. The van der Waals surface area contributed by atoms with Crippen molar-refractivity contribution in [2.75, 3.05) is 0 Å². The van der Waals surface area contributed by atoms with Crippen LogP contribution in [0.25, 0.3) is 0 Å². The smallest absolute Gasteiger partial charge is 0.330 e. The number of nitrogens with zero attached hydrogens (tertiary/aromatic N) is 6. The van der Waals surface area contributed by atoms with E-state index in [9.17, 15) is 9.59 Å². The summed E-state index contributed by atoms with van der Waals surface area (Å²) in [6.07, 6.45) is 6.99. The van der Waals surface area contributed by atoms with Gasteiger partial charge in [-0.2, -0.15) is 5.10 Å². The van der Waals surface area contributed by atoms with Crippen LogP contribution in [0.4, 0.5) is 0 Å². The number of rotatable bonds is 3. The second-order valence-electron chi connectivity index (χ2n) is 7.31.